The Morgan fingerprint density at radius 3 is 2.33 bits per heavy atom. The van der Waals surface area contributed by atoms with Gasteiger partial charge in [-0.15, -0.1) is 0 Å². The van der Waals surface area contributed by atoms with Gasteiger partial charge in [0, 0.05) is 0 Å². The molecule has 0 saturated carbocycles. The first kappa shape index (κ1) is 5.74. The lowest BCUT2D eigenvalue weighted by Crippen LogP contribution is -1.59. The van der Waals surface area contributed by atoms with E-state index in [1.54, 1.807) is 0 Å². The molecule has 0 aromatic rings. The fourth-order valence-corrected chi connectivity index (χ4v) is 0.322. The third-order valence-corrected chi connectivity index (χ3v) is 0.526. The molecule has 0 aliphatic carbocycles. The molecule has 0 aromatic carbocycles. The van der Waals surface area contributed by atoms with Crippen molar-refractivity contribution in [2.24, 2.45) is 0 Å². The first-order valence-corrected chi connectivity index (χ1v) is 2.19. The Bertz CT molecular complexity index is 47.1. The van der Waals surface area contributed by atoms with Gasteiger partial charge in [0.1, 0.15) is 0 Å². The van der Waals surface area contributed by atoms with E-state index >= 15 is 0 Å². The third-order valence-electron chi connectivity index (χ3n) is 0.526. The molecule has 0 unspecified atom stereocenters. The molecule has 0 atom stereocenters. The first-order valence-electron chi connectivity index (χ1n) is 2.19. The Kier molecular flexibility index (Phi) is 2.82. The Morgan fingerprint density at radius 1 is 1.83 bits per heavy atom. The van der Waals surface area contributed by atoms with Crippen LogP contribution in [0.3, 0.4) is 0 Å². The molecule has 6 heavy (non-hydrogen) atoms. The van der Waals surface area contributed by atoms with E-state index < -0.39 is 0 Å². The highest BCUT2D eigenvalue weighted by atomic mass is 13.7. The third kappa shape index (κ3) is 3.74. The monoisotopic (exact) mass is 82.1 g/mol. The van der Waals surface area contributed by atoms with Crippen LogP contribution in [0.5, 0.6) is 0 Å². The van der Waals surface area contributed by atoms with Crippen LogP contribution in [-0.2, 0) is 0 Å². The number of hydrogen-bond acceptors (Lipinski definition) is 0. The van der Waals surface area contributed by atoms with Crippen molar-refractivity contribution >= 4 is 0 Å². The lowest BCUT2D eigenvalue weighted by atomic mass is 10.3. The second kappa shape index (κ2) is 2.95. The van der Waals surface area contributed by atoms with Crippen LogP contribution in [0.2, 0.25) is 0 Å². The van der Waals surface area contributed by atoms with Crippen molar-refractivity contribution < 1.29 is 0 Å². The molecule has 0 fully saturated rings. The van der Waals surface area contributed by atoms with Crippen LogP contribution in [0.4, 0.5) is 0 Å². The van der Waals surface area contributed by atoms with Gasteiger partial charge < -0.3 is 0 Å². The van der Waals surface area contributed by atoms with Crippen LogP contribution in [0.25, 0.3) is 0 Å². The summed E-state index contributed by atoms with van der Waals surface area (Å²) in [5.41, 5.74) is 0.914. The molecule has 0 N–H and O–H groups in total. The standard InChI is InChI=1S/C6H10/c1-4-5-6(2)3/h2,5H,4H2,1,3H3/b6-5+. The average Bonchev–Trinajstić information content (AvgIpc) is 1.35. The largest absolute Gasteiger partial charge is 0.0856 e. The summed E-state index contributed by atoms with van der Waals surface area (Å²) >= 11 is 0. The minimum absolute atomic E-state index is 0.914. The van der Waals surface area contributed by atoms with Gasteiger partial charge in [0.15, 0.2) is 0 Å². The second-order valence-electron chi connectivity index (χ2n) is 1.36. The molecule has 0 aliphatic rings. The molecular formula is C6H10. The van der Waals surface area contributed by atoms with E-state index in [1.165, 1.54) is 0 Å². The number of allylic oxidation sites excluding steroid dienone is 2. The average molecular weight is 82.1 g/mol. The first-order chi connectivity index (χ1) is 2.77. The van der Waals surface area contributed by atoms with Crippen molar-refractivity contribution in [2.45, 2.75) is 20.3 Å². The summed E-state index contributed by atoms with van der Waals surface area (Å²) in [6, 6.07) is 0. The summed E-state index contributed by atoms with van der Waals surface area (Å²) in [6.45, 7) is 9.22. The van der Waals surface area contributed by atoms with Gasteiger partial charge in [0.25, 0.3) is 0 Å². The molecule has 0 aliphatic heterocycles. The van der Waals surface area contributed by atoms with Gasteiger partial charge in [-0.2, -0.15) is 0 Å². The maximum absolute atomic E-state index is 5.26. The Balaban J connectivity index is 3.14. The zero-order valence-electron chi connectivity index (χ0n) is 4.36. The van der Waals surface area contributed by atoms with Gasteiger partial charge in [-0.05, 0) is 20.3 Å². The maximum atomic E-state index is 5.26. The molecule has 0 nitrogen and oxygen atoms in total. The second-order valence-corrected chi connectivity index (χ2v) is 1.36. The van der Waals surface area contributed by atoms with Gasteiger partial charge in [-0.25, -0.2) is 0 Å². The van der Waals surface area contributed by atoms with Gasteiger partial charge in [0.05, 0.1) is 0 Å². The quantitative estimate of drug-likeness (QED) is 0.454. The van der Waals surface area contributed by atoms with Gasteiger partial charge >= 0.3 is 0 Å². The molecule has 34 valence electrons. The topological polar surface area (TPSA) is 0 Å². The van der Waals surface area contributed by atoms with Crippen molar-refractivity contribution in [3.63, 3.8) is 0 Å². The zero-order chi connectivity index (χ0) is 4.99. The summed E-state index contributed by atoms with van der Waals surface area (Å²) in [5, 5.41) is 0. The molecule has 0 aromatic heterocycles. The Labute approximate surface area is 39.9 Å². The van der Waals surface area contributed by atoms with E-state index in [0.29, 0.717) is 0 Å². The maximum Gasteiger partial charge on any atom is -0.00630 e. The number of rotatable bonds is 1. The zero-order valence-corrected chi connectivity index (χ0v) is 4.36. The van der Waals surface area contributed by atoms with Crippen molar-refractivity contribution in [2.75, 3.05) is 0 Å². The summed E-state index contributed by atoms with van der Waals surface area (Å²) in [5.74, 6) is 0. The van der Waals surface area contributed by atoms with E-state index in [4.69, 9.17) is 6.92 Å². The van der Waals surface area contributed by atoms with Crippen LogP contribution in [0.1, 0.15) is 20.3 Å². The summed E-state index contributed by atoms with van der Waals surface area (Å²) in [4.78, 5) is 0. The van der Waals surface area contributed by atoms with E-state index in [9.17, 15) is 0 Å². The predicted octanol–water partition coefficient (Wildman–Crippen LogP) is 2.05. The molecular weight excluding hydrogens is 72.1 g/mol. The van der Waals surface area contributed by atoms with Gasteiger partial charge in [-0.3, -0.25) is 0 Å². The van der Waals surface area contributed by atoms with E-state index in [0.717, 1.165) is 12.0 Å². The summed E-state index contributed by atoms with van der Waals surface area (Å²) < 4.78 is 0. The normalized spacial score (nSPS) is 12.2. The molecule has 0 heteroatoms. The summed E-state index contributed by atoms with van der Waals surface area (Å²) in [7, 11) is 0. The smallest absolute Gasteiger partial charge is 0.00630 e. The van der Waals surface area contributed by atoms with E-state index in [1.807, 2.05) is 13.0 Å². The van der Waals surface area contributed by atoms with Crippen LogP contribution >= 0.6 is 0 Å². The van der Waals surface area contributed by atoms with Crippen LogP contribution in [-0.4, -0.2) is 0 Å². The van der Waals surface area contributed by atoms with Gasteiger partial charge in [-0.1, -0.05) is 18.6 Å². The molecule has 0 amide bonds. The Morgan fingerprint density at radius 2 is 2.33 bits per heavy atom. The highest BCUT2D eigenvalue weighted by molar-refractivity contribution is 4.99. The van der Waals surface area contributed by atoms with Crippen LogP contribution in [0, 0.1) is 6.92 Å². The van der Waals surface area contributed by atoms with E-state index in [2.05, 4.69) is 6.92 Å². The van der Waals surface area contributed by atoms with Crippen molar-refractivity contribution in [3.8, 4) is 0 Å². The van der Waals surface area contributed by atoms with Crippen LogP contribution < -0.4 is 0 Å². The highest BCUT2D eigenvalue weighted by Gasteiger charge is 1.68. The van der Waals surface area contributed by atoms with E-state index in [-0.39, 0.29) is 0 Å². The van der Waals surface area contributed by atoms with Crippen molar-refractivity contribution in [1.29, 1.82) is 0 Å². The van der Waals surface area contributed by atoms with Crippen molar-refractivity contribution in [1.82, 2.24) is 0 Å². The molecule has 0 rings (SSSR count). The number of hydrogen-bond donors (Lipinski definition) is 0. The lowest BCUT2D eigenvalue weighted by molar-refractivity contribution is 1.20. The molecule has 0 spiro atoms. The molecule has 0 saturated heterocycles. The summed E-state index contributed by atoms with van der Waals surface area (Å²) in [6.07, 6.45) is 3.03. The fraction of sp³-hybridized carbons (Fsp3) is 0.500. The lowest BCUT2D eigenvalue weighted by Gasteiger charge is -1.79. The minimum Gasteiger partial charge on any atom is -0.0856 e. The van der Waals surface area contributed by atoms with Crippen LogP contribution in [0.15, 0.2) is 11.6 Å². The SMILES string of the molecule is [CH]/C(C)=C\CC. The molecule has 0 heterocycles. The highest BCUT2D eigenvalue weighted by Crippen LogP contribution is 1.88. The molecule has 2 radical (unpaired) electrons. The molecule has 0 bridgehead atoms. The van der Waals surface area contributed by atoms with Gasteiger partial charge in [0.2, 0.25) is 0 Å². The van der Waals surface area contributed by atoms with Crippen molar-refractivity contribution in [3.05, 3.63) is 18.6 Å². The predicted molar refractivity (Wildman–Crippen MR) is 28.3 cm³/mol. The fourth-order valence-electron chi connectivity index (χ4n) is 0.322. The minimum atomic E-state index is 0.914. The Hall–Kier alpha value is -0.260.